The Morgan fingerprint density at radius 1 is 0.406 bits per heavy atom. The van der Waals surface area contributed by atoms with E-state index < -0.39 is 76.2 Å². The molecule has 1 fully saturated rings. The number of hydrogen-bond acceptors (Lipinski definition) is 23. The first kappa shape index (κ1) is 128. The van der Waals surface area contributed by atoms with Crippen molar-refractivity contribution in [2.24, 2.45) is 112 Å². The number of hydrogen-bond donors (Lipinski definition) is 1. The zero-order chi connectivity index (χ0) is 110. The molecular formula is C113H194O23Si7. The molecule has 2 unspecified atom stereocenters. The van der Waals surface area contributed by atoms with Crippen LogP contribution in [0.3, 0.4) is 0 Å². The average molecular weight is 2120 g/mol. The van der Waals surface area contributed by atoms with E-state index in [0.717, 1.165) is 54.3 Å². The summed E-state index contributed by atoms with van der Waals surface area (Å²) in [6.45, 7) is 90.9. The third kappa shape index (κ3) is 34.1. The lowest BCUT2D eigenvalue weighted by Gasteiger charge is -2.49. The summed E-state index contributed by atoms with van der Waals surface area (Å²) in [4.78, 5) is 121. The van der Waals surface area contributed by atoms with Crippen LogP contribution in [0.2, 0.25) is 130 Å². The van der Waals surface area contributed by atoms with Crippen LogP contribution in [0, 0.1) is 112 Å². The molecule has 0 saturated heterocycles. The van der Waals surface area contributed by atoms with E-state index in [2.05, 4.69) is 278 Å². The van der Waals surface area contributed by atoms with Crippen LogP contribution in [-0.4, -0.2) is 192 Å². The van der Waals surface area contributed by atoms with Crippen LogP contribution in [0.1, 0.15) is 232 Å². The third-order valence-corrected chi connectivity index (χ3v) is 57.6. The molecule has 143 heavy (non-hydrogen) atoms. The lowest BCUT2D eigenvalue weighted by molar-refractivity contribution is -0.160. The Kier molecular flexibility index (Phi) is 45.5. The van der Waals surface area contributed by atoms with Gasteiger partial charge in [-0.3, -0.25) is 38.4 Å². The van der Waals surface area contributed by atoms with Gasteiger partial charge in [-0.15, -0.1) is 0 Å². The topological polar surface area (TPSA) is 302 Å². The number of aliphatic hydroxyl groups excluding tert-OH is 1. The molecule has 10 aliphatic carbocycles. The largest absolute Gasteiger partial charge is 0.547 e. The van der Waals surface area contributed by atoms with E-state index in [4.69, 9.17) is 54.7 Å². The lowest BCUT2D eigenvalue weighted by Crippen LogP contribution is -2.57. The third-order valence-electron chi connectivity index (χ3n) is 33.4. The van der Waals surface area contributed by atoms with Crippen molar-refractivity contribution in [1.82, 2.24) is 0 Å². The molecule has 0 bridgehead atoms. The highest BCUT2D eigenvalue weighted by Gasteiger charge is 2.58. The number of fused-ring (bicyclic) bond motifs is 5. The molecule has 0 aromatic heterocycles. The van der Waals surface area contributed by atoms with Gasteiger partial charge in [0.2, 0.25) is 16.6 Å². The van der Waals surface area contributed by atoms with Crippen LogP contribution < -0.4 is 0 Å². The Balaban J connectivity index is 0.000000310. The Bertz CT molecular complexity index is 4630. The van der Waals surface area contributed by atoms with Crippen LogP contribution in [0.4, 0.5) is 0 Å². The number of rotatable bonds is 25. The van der Waals surface area contributed by atoms with Gasteiger partial charge in [-0.05, 0) is 221 Å². The second-order valence-corrected chi connectivity index (χ2v) is 84.7. The number of methoxy groups -OCH3 is 2. The fourth-order valence-corrected chi connectivity index (χ4v) is 27.7. The summed E-state index contributed by atoms with van der Waals surface area (Å²) in [6, 6.07) is 0. The number of allylic oxidation sites excluding steroid dienone is 10. The standard InChI is InChI=1S/C24H46O4Si3.C23H38O4Si.C21H34O5Si.C20H32O4Si.C19H32O5Si.C6H12O/c1-17-13-14-18-19(26-29(5,6)7)15-16-20(27-31(11,12)24(2,3)4)22(18)21(17)23(25)28-30(8,9)10;1-9-15(2)22(25)26-20-13-18(27-28(7,8)23(4,5)6)12-17-11-10-16(3)19(14-24)21(17)20;1-13-9-10-15-11-16(25-14(2)22)12-17(19(15)18(13)20(23)24-6)26-27(7,8)21(3,4)5;1-13-8-9-15-10-16(23-14(2)22)11-18(19(15)17(13)12-21)24-25(6,7)20(3,4)5;1-11-8-9-12-16(15(11)18(22)23-5)14(10-13(20)17(12)21)24-25(6,7)19(2,3)4;1-4-5(2)6(3)7/h13-15,17-18,20-22H,16H2,1-12H3;10-12,14-16,18-21H,9,13H2,1-8H3;9-11,13,16-19H,12H2,1-8H3;8-10,12-13,16-19H,11H2,1-7H3;8-9,11-16,20H,10H2,1-7H3;5H,4H2,1-3H3/t17-,18?,20-,21-,22+;15-,16-,18+,19-,20-,21-;13-,16+,17-,18-,19+;13-,16+,17-,18-,19-;11-,12?,13-,14-,15-,16+;5-/m000000/s1. The maximum Gasteiger partial charge on any atom is 0.309 e. The molecule has 1 N–H and O–H groups in total. The number of aliphatic hydroxyl groups is 1. The first-order chi connectivity index (χ1) is 65.1. The van der Waals surface area contributed by atoms with Gasteiger partial charge < -0.3 is 69.4 Å². The van der Waals surface area contributed by atoms with Gasteiger partial charge in [0.15, 0.2) is 47.4 Å². The monoisotopic (exact) mass is 2120 g/mol. The average Bonchev–Trinajstić information content (AvgIpc) is 0.718. The Morgan fingerprint density at radius 3 is 1.13 bits per heavy atom. The normalized spacial score (nSPS) is 31.2. The highest BCUT2D eigenvalue weighted by atomic mass is 28.4. The fourth-order valence-electron chi connectivity index (χ4n) is 19.4. The Labute approximate surface area is 871 Å². The smallest absolute Gasteiger partial charge is 0.309 e. The number of esters is 5. The maximum atomic E-state index is 13.5. The molecule has 0 amide bonds. The van der Waals surface area contributed by atoms with Gasteiger partial charge in [-0.25, -0.2) is 0 Å². The van der Waals surface area contributed by atoms with E-state index in [1.807, 2.05) is 78.0 Å². The first-order valence-corrected chi connectivity index (χ1v) is 74.4. The van der Waals surface area contributed by atoms with Crippen molar-refractivity contribution in [3.8, 4) is 0 Å². The molecule has 0 radical (unpaired) electrons. The molecule has 30 heteroatoms. The molecule has 28 atom stereocenters. The maximum absolute atomic E-state index is 13.5. The van der Waals surface area contributed by atoms with E-state index >= 15 is 0 Å². The Hall–Kier alpha value is -5.76. The van der Waals surface area contributed by atoms with Gasteiger partial charge in [0.05, 0.1) is 74.2 Å². The summed E-state index contributed by atoms with van der Waals surface area (Å²) in [6.07, 6.45) is 33.0. The number of ketones is 2. The molecule has 0 aromatic carbocycles. The van der Waals surface area contributed by atoms with Gasteiger partial charge in [0.1, 0.15) is 42.8 Å². The van der Waals surface area contributed by atoms with E-state index in [-0.39, 0.29) is 223 Å². The summed E-state index contributed by atoms with van der Waals surface area (Å²) in [7, 11) is -11.1. The molecule has 1 saturated carbocycles. The van der Waals surface area contributed by atoms with Crippen LogP contribution >= 0.6 is 0 Å². The minimum absolute atomic E-state index is 0.00574. The van der Waals surface area contributed by atoms with Gasteiger partial charge in [0.25, 0.3) is 5.97 Å². The number of carbonyl (C=O) groups is 10. The van der Waals surface area contributed by atoms with Gasteiger partial charge in [-0.1, -0.05) is 233 Å². The van der Waals surface area contributed by atoms with E-state index in [9.17, 15) is 53.1 Å². The summed E-state index contributed by atoms with van der Waals surface area (Å²) < 4.78 is 73.3. The van der Waals surface area contributed by atoms with Crippen molar-refractivity contribution in [1.29, 1.82) is 0 Å². The van der Waals surface area contributed by atoms with Crippen molar-refractivity contribution in [2.75, 3.05) is 14.2 Å². The second kappa shape index (κ2) is 50.9. The molecule has 0 aliphatic heterocycles. The van der Waals surface area contributed by atoms with Crippen LogP contribution in [0.5, 0.6) is 0 Å². The molecule has 10 rings (SSSR count). The molecule has 812 valence electrons. The first-order valence-electron chi connectivity index (χ1n) is 53.1. The van der Waals surface area contributed by atoms with Crippen molar-refractivity contribution >= 4 is 118 Å². The summed E-state index contributed by atoms with van der Waals surface area (Å²) in [5, 5.41) is 10.6. The minimum atomic E-state index is -2.12. The van der Waals surface area contributed by atoms with Crippen LogP contribution in [0.15, 0.2) is 108 Å². The van der Waals surface area contributed by atoms with Gasteiger partial charge in [0, 0.05) is 98.7 Å². The number of Topliss-reactive ketones (excluding diaryl/α,β-unsaturated/α-hetero) is 2. The highest BCUT2D eigenvalue weighted by molar-refractivity contribution is 6.76. The highest BCUT2D eigenvalue weighted by Crippen LogP contribution is 2.55. The van der Waals surface area contributed by atoms with Crippen molar-refractivity contribution in [3.63, 3.8) is 0 Å². The molecular weight excluding hydrogens is 1920 g/mol. The predicted molar refractivity (Wildman–Crippen MR) is 591 cm³/mol. The van der Waals surface area contributed by atoms with E-state index in [1.165, 1.54) is 28.1 Å². The van der Waals surface area contributed by atoms with Crippen LogP contribution in [0.25, 0.3) is 0 Å². The van der Waals surface area contributed by atoms with Gasteiger partial charge in [-0.2, -0.15) is 0 Å². The summed E-state index contributed by atoms with van der Waals surface area (Å²) in [5.41, 5.74) is 3.15. The number of carbonyl (C=O) groups excluding carboxylic acids is 10. The Morgan fingerprint density at radius 2 is 0.748 bits per heavy atom. The second-order valence-electron chi connectivity index (χ2n) is 52.0. The summed E-state index contributed by atoms with van der Waals surface area (Å²) in [5.74, 6) is -1.54. The molecule has 10 aliphatic rings. The molecule has 0 aromatic rings. The minimum Gasteiger partial charge on any atom is -0.547 e. The van der Waals surface area contributed by atoms with Crippen molar-refractivity contribution in [3.05, 3.63) is 108 Å². The SMILES string of the molecule is CC(=O)O[C@@H]1C=C2C=C[C@H](C)[C@H](C=O)[C@H]2[C@@H](O[Si](C)(C)C(C)(C)C)C1.CC[C@H](C)C(=O)O[C@H]1C[C@H](O[Si](C)(C)C(C)(C)C)C=C2C=C[C@H](C)[C@H](C=O)[C@H]21.CC[C@H](C)C(C)=O.COC(=O)[C@@H]1[C@@H]2C(=C[C@@H](OC(C)=O)C[C@@H]2O[Si](C)(C)C(C)(C)C)C=C[C@@H]1C.COC(=O)[C@@H]1[C@@H]2C(C=C[C@@H]1C)C(=O)[C@@H](O)C[C@@H]2O[Si](C)(C)C(C)(C)C.C[C@H]1C=CC2C(O[Si](C)(C)C)=CC[C@H](O[Si](C)(C)C(C)(C)C)[C@@H]2[C@H]1C(=O)O[Si](C)(C)C. The van der Waals surface area contributed by atoms with Crippen molar-refractivity contribution in [2.45, 2.75) is 417 Å². The fraction of sp³-hybridized carbons (Fsp3) is 0.752. The lowest BCUT2D eigenvalue weighted by atomic mass is 9.63. The quantitative estimate of drug-likeness (QED) is 0.0292. The molecule has 0 heterocycles. The zero-order valence-electron chi connectivity index (χ0n) is 96.8. The number of ether oxygens (including phenoxy) is 5. The molecule has 0 spiro atoms. The number of aldehydes is 2. The zero-order valence-corrected chi connectivity index (χ0v) is 104. The van der Waals surface area contributed by atoms with Gasteiger partial charge >= 0.3 is 29.8 Å². The predicted octanol–water partition coefficient (Wildman–Crippen LogP) is 25.3. The molecule has 23 nitrogen and oxygen atoms in total. The van der Waals surface area contributed by atoms with Crippen molar-refractivity contribution < 1.29 is 108 Å². The van der Waals surface area contributed by atoms with Crippen LogP contribution in [-0.2, 0) is 103 Å². The van der Waals surface area contributed by atoms with E-state index in [0.29, 0.717) is 25.0 Å². The van der Waals surface area contributed by atoms with E-state index in [1.54, 1.807) is 6.92 Å². The summed E-state index contributed by atoms with van der Waals surface area (Å²) >= 11 is 0.